The van der Waals surface area contributed by atoms with Gasteiger partial charge in [0.1, 0.15) is 0 Å². The Kier molecular flexibility index (Phi) is 2.09. The molecule has 0 bridgehead atoms. The summed E-state index contributed by atoms with van der Waals surface area (Å²) in [5, 5.41) is 2.05. The van der Waals surface area contributed by atoms with E-state index in [1.54, 1.807) is 0 Å². The highest BCUT2D eigenvalue weighted by molar-refractivity contribution is 4.63. The predicted molar refractivity (Wildman–Crippen MR) is 37.0 cm³/mol. The molecule has 0 aromatic carbocycles. The first kappa shape index (κ1) is 7.03. The third-order valence-corrected chi connectivity index (χ3v) is 1.65. The molecule has 2 heteroatoms. The topological polar surface area (TPSA) is 12.5 Å². The average Bonchev–Trinajstić information content (AvgIpc) is 2.14. The van der Waals surface area contributed by atoms with Crippen molar-refractivity contribution in [3.05, 3.63) is 0 Å². The van der Waals surface area contributed by atoms with Gasteiger partial charge in [0.15, 0.2) is 0 Å². The van der Waals surface area contributed by atoms with Crippen LogP contribution in [0.2, 0.25) is 0 Å². The second-order valence-corrected chi connectivity index (χ2v) is 2.94. The highest BCUT2D eigenvalue weighted by atomic mass is 16.7. The minimum Gasteiger partial charge on any atom is -0.296 e. The molecule has 1 atom stereocenters. The van der Waals surface area contributed by atoms with Gasteiger partial charge >= 0.3 is 0 Å². The normalized spacial score (nSPS) is 30.0. The molecule has 1 heterocycles. The summed E-state index contributed by atoms with van der Waals surface area (Å²) in [6.07, 6.45) is 1.62. The first-order valence-corrected chi connectivity index (χ1v) is 3.63. The molecule has 1 aliphatic rings. The fraction of sp³-hybridized carbons (Fsp3) is 1.00. The molecule has 0 aliphatic carbocycles. The smallest absolute Gasteiger partial charge is 0.0778 e. The molecule has 1 aliphatic heterocycles. The van der Waals surface area contributed by atoms with Gasteiger partial charge in [-0.2, -0.15) is 5.06 Å². The van der Waals surface area contributed by atoms with E-state index in [2.05, 4.69) is 20.8 Å². The summed E-state index contributed by atoms with van der Waals surface area (Å²) in [7, 11) is 0. The van der Waals surface area contributed by atoms with Crippen molar-refractivity contribution in [2.24, 2.45) is 0 Å². The van der Waals surface area contributed by atoms with Crippen molar-refractivity contribution in [2.45, 2.75) is 39.3 Å². The number of hydrogen-bond acceptors (Lipinski definition) is 2. The molecule has 1 saturated heterocycles. The third-order valence-electron chi connectivity index (χ3n) is 1.65. The van der Waals surface area contributed by atoms with Gasteiger partial charge in [-0.05, 0) is 27.2 Å². The Morgan fingerprint density at radius 3 is 2.44 bits per heavy atom. The molecule has 0 saturated carbocycles. The second kappa shape index (κ2) is 2.67. The van der Waals surface area contributed by atoms with Crippen molar-refractivity contribution in [1.82, 2.24) is 5.06 Å². The van der Waals surface area contributed by atoms with Gasteiger partial charge in [-0.25, -0.2) is 0 Å². The van der Waals surface area contributed by atoms with E-state index in [-0.39, 0.29) is 0 Å². The van der Waals surface area contributed by atoms with Crippen molar-refractivity contribution in [1.29, 1.82) is 0 Å². The molecular weight excluding hydrogens is 114 g/mol. The lowest BCUT2D eigenvalue weighted by atomic mass is 10.3. The molecular formula is C7H15NO. The van der Waals surface area contributed by atoms with Crippen LogP contribution in [0.15, 0.2) is 0 Å². The third kappa shape index (κ3) is 1.66. The standard InChI is InChI=1S/C7H15NO/c1-6(2)8-5-4-7(3)9-8/h6-7H,4-5H2,1-3H3. The molecule has 1 unspecified atom stereocenters. The average molecular weight is 129 g/mol. The van der Waals surface area contributed by atoms with Crippen LogP contribution >= 0.6 is 0 Å². The van der Waals surface area contributed by atoms with Crippen LogP contribution in [-0.2, 0) is 4.84 Å². The monoisotopic (exact) mass is 129 g/mol. The Balaban J connectivity index is 2.30. The Labute approximate surface area is 56.8 Å². The van der Waals surface area contributed by atoms with E-state index in [0.29, 0.717) is 12.1 Å². The van der Waals surface area contributed by atoms with Gasteiger partial charge in [0.25, 0.3) is 0 Å². The van der Waals surface area contributed by atoms with E-state index in [1.165, 1.54) is 6.42 Å². The predicted octanol–water partition coefficient (Wildman–Crippen LogP) is 1.42. The lowest BCUT2D eigenvalue weighted by Crippen LogP contribution is -2.26. The van der Waals surface area contributed by atoms with Gasteiger partial charge in [0.05, 0.1) is 6.10 Å². The molecule has 0 aromatic rings. The lowest BCUT2D eigenvalue weighted by molar-refractivity contribution is -0.159. The second-order valence-electron chi connectivity index (χ2n) is 2.94. The maximum atomic E-state index is 5.46. The Bertz CT molecular complexity index is 92.9. The van der Waals surface area contributed by atoms with Crippen LogP contribution in [0.5, 0.6) is 0 Å². The molecule has 2 nitrogen and oxygen atoms in total. The molecule has 0 N–H and O–H groups in total. The fourth-order valence-corrected chi connectivity index (χ4v) is 1.03. The number of nitrogens with zero attached hydrogens (tertiary/aromatic N) is 1. The fourth-order valence-electron chi connectivity index (χ4n) is 1.03. The molecule has 0 radical (unpaired) electrons. The minimum atomic E-state index is 0.437. The number of hydrogen-bond donors (Lipinski definition) is 0. The highest BCUT2D eigenvalue weighted by Crippen LogP contribution is 2.14. The van der Waals surface area contributed by atoms with Crippen LogP contribution < -0.4 is 0 Å². The molecule has 0 aromatic heterocycles. The van der Waals surface area contributed by atoms with E-state index >= 15 is 0 Å². The van der Waals surface area contributed by atoms with E-state index in [0.717, 1.165) is 6.54 Å². The van der Waals surface area contributed by atoms with Crippen LogP contribution in [0.3, 0.4) is 0 Å². The van der Waals surface area contributed by atoms with Crippen molar-refractivity contribution in [3.8, 4) is 0 Å². The van der Waals surface area contributed by atoms with Gasteiger partial charge in [0.2, 0.25) is 0 Å². The van der Waals surface area contributed by atoms with Crippen LogP contribution in [-0.4, -0.2) is 23.8 Å². The zero-order chi connectivity index (χ0) is 6.85. The van der Waals surface area contributed by atoms with E-state index in [9.17, 15) is 0 Å². The summed E-state index contributed by atoms with van der Waals surface area (Å²) in [4.78, 5) is 5.46. The number of hydroxylamine groups is 2. The van der Waals surface area contributed by atoms with Crippen molar-refractivity contribution in [2.75, 3.05) is 6.54 Å². The van der Waals surface area contributed by atoms with Gasteiger partial charge in [-0.3, -0.25) is 4.84 Å². The SMILES string of the molecule is CC1CCN(C(C)C)O1. The van der Waals surface area contributed by atoms with E-state index in [1.807, 2.05) is 5.06 Å². The quantitative estimate of drug-likeness (QED) is 0.531. The van der Waals surface area contributed by atoms with Crippen molar-refractivity contribution >= 4 is 0 Å². The van der Waals surface area contributed by atoms with Gasteiger partial charge < -0.3 is 0 Å². The van der Waals surface area contributed by atoms with Gasteiger partial charge in [0, 0.05) is 12.6 Å². The Morgan fingerprint density at radius 1 is 1.56 bits per heavy atom. The zero-order valence-corrected chi connectivity index (χ0v) is 6.42. The molecule has 0 spiro atoms. The van der Waals surface area contributed by atoms with Crippen LogP contribution in [0.25, 0.3) is 0 Å². The van der Waals surface area contributed by atoms with E-state index in [4.69, 9.17) is 4.84 Å². The van der Waals surface area contributed by atoms with Gasteiger partial charge in [-0.15, -0.1) is 0 Å². The maximum absolute atomic E-state index is 5.46. The Hall–Kier alpha value is -0.0800. The van der Waals surface area contributed by atoms with Crippen LogP contribution in [0, 0.1) is 0 Å². The summed E-state index contributed by atoms with van der Waals surface area (Å²) in [6, 6.07) is 0.537. The Morgan fingerprint density at radius 2 is 2.22 bits per heavy atom. The highest BCUT2D eigenvalue weighted by Gasteiger charge is 2.21. The molecule has 54 valence electrons. The molecule has 1 fully saturated rings. The lowest BCUT2D eigenvalue weighted by Gasteiger charge is -2.18. The summed E-state index contributed by atoms with van der Waals surface area (Å²) >= 11 is 0. The summed E-state index contributed by atoms with van der Waals surface area (Å²) in [5.41, 5.74) is 0. The molecule has 1 rings (SSSR count). The summed E-state index contributed by atoms with van der Waals surface area (Å²) in [5.74, 6) is 0. The van der Waals surface area contributed by atoms with Crippen molar-refractivity contribution in [3.63, 3.8) is 0 Å². The first-order valence-electron chi connectivity index (χ1n) is 3.63. The van der Waals surface area contributed by atoms with Crippen LogP contribution in [0.4, 0.5) is 0 Å². The van der Waals surface area contributed by atoms with Crippen molar-refractivity contribution < 1.29 is 4.84 Å². The van der Waals surface area contributed by atoms with E-state index < -0.39 is 0 Å². The largest absolute Gasteiger partial charge is 0.296 e. The van der Waals surface area contributed by atoms with Crippen LogP contribution in [0.1, 0.15) is 27.2 Å². The molecule has 9 heavy (non-hydrogen) atoms. The summed E-state index contributed by atoms with van der Waals surface area (Å²) in [6.45, 7) is 7.51. The summed E-state index contributed by atoms with van der Waals surface area (Å²) < 4.78 is 0. The first-order chi connectivity index (χ1) is 4.20. The zero-order valence-electron chi connectivity index (χ0n) is 6.42. The minimum absolute atomic E-state index is 0.437. The maximum Gasteiger partial charge on any atom is 0.0778 e. The number of rotatable bonds is 1. The molecule has 0 amide bonds. The van der Waals surface area contributed by atoms with Gasteiger partial charge in [-0.1, -0.05) is 0 Å².